The molecule has 20 heavy (non-hydrogen) atoms. The number of aromatic nitrogens is 3. The number of rotatable bonds is 5. The third-order valence-corrected chi connectivity index (χ3v) is 2.84. The Kier molecular flexibility index (Phi) is 4.34. The van der Waals surface area contributed by atoms with Crippen molar-refractivity contribution < 1.29 is 4.79 Å². The Morgan fingerprint density at radius 3 is 2.75 bits per heavy atom. The van der Waals surface area contributed by atoms with Crippen LogP contribution < -0.4 is 10.6 Å². The minimum absolute atomic E-state index is 0.185. The molecule has 0 unspecified atom stereocenters. The van der Waals surface area contributed by atoms with Gasteiger partial charge in [0.15, 0.2) is 0 Å². The van der Waals surface area contributed by atoms with Gasteiger partial charge in [-0.2, -0.15) is 5.10 Å². The van der Waals surface area contributed by atoms with Crippen LogP contribution in [0.3, 0.4) is 0 Å². The maximum atomic E-state index is 12.1. The Bertz CT molecular complexity index is 588. The second-order valence-corrected chi connectivity index (χ2v) is 4.61. The topological polar surface area (TPSA) is 71.8 Å². The largest absolute Gasteiger partial charge is 0.370 e. The fraction of sp³-hybridized carbons (Fsp3) is 0.357. The molecule has 1 amide bonds. The van der Waals surface area contributed by atoms with Crippen molar-refractivity contribution in [3.8, 4) is 0 Å². The van der Waals surface area contributed by atoms with E-state index in [1.165, 1.54) is 0 Å². The number of pyridine rings is 1. The number of aryl methyl sites for hydroxylation is 2. The van der Waals surface area contributed by atoms with E-state index < -0.39 is 0 Å². The third kappa shape index (κ3) is 3.34. The zero-order valence-electron chi connectivity index (χ0n) is 12.0. The Morgan fingerprint density at radius 1 is 1.40 bits per heavy atom. The fourth-order valence-electron chi connectivity index (χ4n) is 1.80. The van der Waals surface area contributed by atoms with Crippen molar-refractivity contribution in [2.45, 2.75) is 20.3 Å². The standard InChI is InChI=1S/C14H19N5O/c1-4-7-15-13-6-5-11(8-16-13)14(20)17-12-9-19(3)18-10(12)2/h5-6,8-9H,4,7H2,1-3H3,(H,15,16)(H,17,20). The molecule has 0 aliphatic heterocycles. The molecule has 2 N–H and O–H groups in total. The van der Waals surface area contributed by atoms with E-state index in [0.717, 1.165) is 24.5 Å². The number of carbonyl (C=O) groups is 1. The number of carbonyl (C=O) groups excluding carboxylic acids is 1. The van der Waals surface area contributed by atoms with Gasteiger partial charge in [-0.25, -0.2) is 4.98 Å². The van der Waals surface area contributed by atoms with Crippen LogP contribution in [0.1, 0.15) is 29.4 Å². The third-order valence-electron chi connectivity index (χ3n) is 2.84. The molecule has 0 bridgehead atoms. The summed E-state index contributed by atoms with van der Waals surface area (Å²) in [4.78, 5) is 16.3. The summed E-state index contributed by atoms with van der Waals surface area (Å²) in [6.07, 6.45) is 4.38. The van der Waals surface area contributed by atoms with Gasteiger partial charge in [0, 0.05) is 26.0 Å². The highest BCUT2D eigenvalue weighted by atomic mass is 16.1. The van der Waals surface area contributed by atoms with E-state index in [1.54, 1.807) is 29.2 Å². The Balaban J connectivity index is 2.04. The molecule has 106 valence electrons. The molecule has 2 aromatic heterocycles. The zero-order chi connectivity index (χ0) is 14.5. The molecule has 6 nitrogen and oxygen atoms in total. The molecular weight excluding hydrogens is 254 g/mol. The molecule has 0 fully saturated rings. The first kappa shape index (κ1) is 14.0. The molecule has 6 heteroatoms. The van der Waals surface area contributed by atoms with Crippen LogP contribution in [-0.2, 0) is 7.05 Å². The molecular formula is C14H19N5O. The van der Waals surface area contributed by atoms with E-state index >= 15 is 0 Å². The summed E-state index contributed by atoms with van der Waals surface area (Å²) in [5.41, 5.74) is 2.02. The maximum absolute atomic E-state index is 12.1. The van der Waals surface area contributed by atoms with Crippen LogP contribution in [0.5, 0.6) is 0 Å². The Labute approximate surface area is 118 Å². The van der Waals surface area contributed by atoms with Gasteiger partial charge in [0.1, 0.15) is 5.82 Å². The van der Waals surface area contributed by atoms with Crippen LogP contribution in [0.25, 0.3) is 0 Å². The first-order valence-electron chi connectivity index (χ1n) is 6.61. The van der Waals surface area contributed by atoms with Gasteiger partial charge in [-0.3, -0.25) is 9.48 Å². The Morgan fingerprint density at radius 2 is 2.20 bits per heavy atom. The molecule has 2 rings (SSSR count). The smallest absolute Gasteiger partial charge is 0.257 e. The highest BCUT2D eigenvalue weighted by Gasteiger charge is 2.10. The maximum Gasteiger partial charge on any atom is 0.257 e. The van der Waals surface area contributed by atoms with Gasteiger partial charge in [-0.1, -0.05) is 6.92 Å². The van der Waals surface area contributed by atoms with Gasteiger partial charge in [0.05, 0.1) is 16.9 Å². The second kappa shape index (κ2) is 6.18. The lowest BCUT2D eigenvalue weighted by atomic mass is 10.2. The molecule has 0 saturated heterocycles. The van der Waals surface area contributed by atoms with Gasteiger partial charge in [-0.05, 0) is 25.5 Å². The minimum Gasteiger partial charge on any atom is -0.370 e. The van der Waals surface area contributed by atoms with Crippen molar-refractivity contribution in [2.24, 2.45) is 7.05 Å². The summed E-state index contributed by atoms with van der Waals surface area (Å²) >= 11 is 0. The van der Waals surface area contributed by atoms with Crippen LogP contribution in [0.4, 0.5) is 11.5 Å². The van der Waals surface area contributed by atoms with Crippen LogP contribution in [0.15, 0.2) is 24.5 Å². The van der Waals surface area contributed by atoms with Crippen LogP contribution in [0, 0.1) is 6.92 Å². The van der Waals surface area contributed by atoms with Crippen LogP contribution in [-0.4, -0.2) is 27.2 Å². The van der Waals surface area contributed by atoms with E-state index in [4.69, 9.17) is 0 Å². The highest BCUT2D eigenvalue weighted by Crippen LogP contribution is 2.13. The number of nitrogens with zero attached hydrogens (tertiary/aromatic N) is 3. The van der Waals surface area contributed by atoms with Crippen molar-refractivity contribution in [1.82, 2.24) is 14.8 Å². The first-order valence-corrected chi connectivity index (χ1v) is 6.61. The van der Waals surface area contributed by atoms with E-state index in [-0.39, 0.29) is 5.91 Å². The predicted octanol–water partition coefficient (Wildman–Crippen LogP) is 2.20. The normalized spacial score (nSPS) is 10.3. The van der Waals surface area contributed by atoms with Crippen LogP contribution in [0.2, 0.25) is 0 Å². The van der Waals surface area contributed by atoms with E-state index in [1.807, 2.05) is 14.0 Å². The summed E-state index contributed by atoms with van der Waals surface area (Å²) in [6, 6.07) is 3.56. The number of amides is 1. The predicted molar refractivity (Wildman–Crippen MR) is 78.9 cm³/mol. The molecule has 0 aliphatic carbocycles. The summed E-state index contributed by atoms with van der Waals surface area (Å²) < 4.78 is 1.67. The van der Waals surface area contributed by atoms with Crippen molar-refractivity contribution >= 4 is 17.4 Å². The van der Waals surface area contributed by atoms with Gasteiger partial charge in [-0.15, -0.1) is 0 Å². The van der Waals surface area contributed by atoms with E-state index in [0.29, 0.717) is 11.3 Å². The summed E-state index contributed by atoms with van der Waals surface area (Å²) in [6.45, 7) is 4.81. The summed E-state index contributed by atoms with van der Waals surface area (Å²) in [5.74, 6) is 0.594. The molecule has 0 aromatic carbocycles. The molecule has 2 heterocycles. The number of anilines is 2. The summed E-state index contributed by atoms with van der Waals surface area (Å²) in [5, 5.41) is 10.2. The van der Waals surface area contributed by atoms with Crippen LogP contribution >= 0.6 is 0 Å². The first-order chi connectivity index (χ1) is 9.60. The second-order valence-electron chi connectivity index (χ2n) is 4.61. The van der Waals surface area contributed by atoms with Crippen molar-refractivity contribution in [3.05, 3.63) is 35.8 Å². The van der Waals surface area contributed by atoms with E-state index in [2.05, 4.69) is 27.6 Å². The van der Waals surface area contributed by atoms with Crippen molar-refractivity contribution in [2.75, 3.05) is 17.2 Å². The number of nitrogens with one attached hydrogen (secondary N) is 2. The van der Waals surface area contributed by atoms with E-state index in [9.17, 15) is 4.79 Å². The highest BCUT2D eigenvalue weighted by molar-refractivity contribution is 6.04. The van der Waals surface area contributed by atoms with Gasteiger partial charge >= 0.3 is 0 Å². The number of hydrogen-bond acceptors (Lipinski definition) is 4. The molecule has 0 radical (unpaired) electrons. The van der Waals surface area contributed by atoms with Gasteiger partial charge in [0.25, 0.3) is 5.91 Å². The molecule has 0 aliphatic rings. The monoisotopic (exact) mass is 273 g/mol. The lowest BCUT2D eigenvalue weighted by Crippen LogP contribution is -2.13. The Hall–Kier alpha value is -2.37. The average Bonchev–Trinajstić information content (AvgIpc) is 2.75. The van der Waals surface area contributed by atoms with Crippen molar-refractivity contribution in [3.63, 3.8) is 0 Å². The van der Waals surface area contributed by atoms with Crippen molar-refractivity contribution in [1.29, 1.82) is 0 Å². The SMILES string of the molecule is CCCNc1ccc(C(=O)Nc2cn(C)nc2C)cn1. The lowest BCUT2D eigenvalue weighted by molar-refractivity contribution is 0.102. The molecule has 0 saturated carbocycles. The minimum atomic E-state index is -0.185. The quantitative estimate of drug-likeness (QED) is 0.876. The summed E-state index contributed by atoms with van der Waals surface area (Å²) in [7, 11) is 1.82. The lowest BCUT2D eigenvalue weighted by Gasteiger charge is -2.06. The van der Waals surface area contributed by atoms with Gasteiger partial charge in [0.2, 0.25) is 0 Å². The zero-order valence-corrected chi connectivity index (χ0v) is 12.0. The molecule has 2 aromatic rings. The fourth-order valence-corrected chi connectivity index (χ4v) is 1.80. The van der Waals surface area contributed by atoms with Gasteiger partial charge < -0.3 is 10.6 Å². The molecule has 0 atom stereocenters. The molecule has 0 spiro atoms. The average molecular weight is 273 g/mol. The number of hydrogen-bond donors (Lipinski definition) is 2.